The molecular weight excluding hydrogens is 863 g/mol. The molecule has 1 heterocycles. The summed E-state index contributed by atoms with van der Waals surface area (Å²) in [7, 11) is -2.79. The maximum Gasteiger partial charge on any atom is 0.179 e. The van der Waals surface area contributed by atoms with Crippen molar-refractivity contribution < 1.29 is 0 Å². The smallest absolute Gasteiger partial charge is 0.179 e. The van der Waals surface area contributed by atoms with Gasteiger partial charge in [-0.3, -0.25) is 0 Å². The van der Waals surface area contributed by atoms with Crippen LogP contribution in [0.15, 0.2) is 267 Å². The lowest BCUT2D eigenvalue weighted by Crippen LogP contribution is -2.74. The maximum absolute atomic E-state index is 7.07. The minimum atomic E-state index is -2.79. The molecule has 0 saturated carbocycles. The number of anilines is 1. The first-order valence-corrected chi connectivity index (χ1v) is 26.4. The Labute approximate surface area is 413 Å². The topological polar surface area (TPSA) is 43.0 Å². The van der Waals surface area contributed by atoms with Gasteiger partial charge in [0.1, 0.15) is 0 Å². The Kier molecular flexibility index (Phi) is 12.5. The molecule has 9 aromatic carbocycles. The SMILES string of the molecule is CC1C=Cc2c(n(-c3ccccc3)c3ccc(-c4ccc(N/C=C/C(=C\C(N)c5ccccc5)c5cccc([Si](c6ccccc6)(c6ccccc6)c6ccccc6)c5)c(-c5ccccc5)c4)cc23)C1. The summed E-state index contributed by atoms with van der Waals surface area (Å²) in [5.41, 5.74) is 21.0. The van der Waals surface area contributed by atoms with E-state index in [1.54, 1.807) is 0 Å². The fourth-order valence-corrected chi connectivity index (χ4v) is 15.4. The number of allylic oxidation sites excluding steroid dienone is 3. The van der Waals surface area contributed by atoms with Crippen molar-refractivity contribution in [3.8, 4) is 27.9 Å². The fourth-order valence-electron chi connectivity index (χ4n) is 10.6. The Balaban J connectivity index is 0.998. The highest BCUT2D eigenvalue weighted by atomic mass is 28.3. The summed E-state index contributed by atoms with van der Waals surface area (Å²) in [5.74, 6) is 0.485. The minimum Gasteiger partial charge on any atom is -0.361 e. The zero-order chi connectivity index (χ0) is 47.3. The summed E-state index contributed by atoms with van der Waals surface area (Å²) in [5, 5.41) is 10.3. The third kappa shape index (κ3) is 8.60. The van der Waals surface area contributed by atoms with Gasteiger partial charge in [-0.05, 0) is 109 Å². The molecule has 1 aromatic heterocycles. The van der Waals surface area contributed by atoms with Crippen LogP contribution in [0.25, 0.3) is 50.5 Å². The summed E-state index contributed by atoms with van der Waals surface area (Å²) < 4.78 is 2.46. The summed E-state index contributed by atoms with van der Waals surface area (Å²) in [6.07, 6.45) is 12.2. The highest BCUT2D eigenvalue weighted by Gasteiger charge is 2.41. The fraction of sp³-hybridized carbons (Fsp3) is 0.0606. The highest BCUT2D eigenvalue weighted by molar-refractivity contribution is 7.19. The first-order chi connectivity index (χ1) is 34.5. The van der Waals surface area contributed by atoms with Crippen LogP contribution in [-0.4, -0.2) is 12.6 Å². The van der Waals surface area contributed by atoms with E-state index in [2.05, 4.69) is 284 Å². The monoisotopic (exact) mass is 917 g/mol. The minimum absolute atomic E-state index is 0.325. The van der Waals surface area contributed by atoms with Gasteiger partial charge < -0.3 is 15.6 Å². The van der Waals surface area contributed by atoms with Crippen LogP contribution in [0.4, 0.5) is 5.69 Å². The van der Waals surface area contributed by atoms with Crippen LogP contribution in [0.3, 0.4) is 0 Å². The molecule has 3 N–H and O–H groups in total. The van der Waals surface area contributed by atoms with E-state index in [4.69, 9.17) is 5.73 Å². The van der Waals surface area contributed by atoms with E-state index < -0.39 is 8.07 Å². The average Bonchev–Trinajstić information content (AvgIpc) is 3.75. The molecule has 0 fully saturated rings. The number of aromatic nitrogens is 1. The predicted molar refractivity (Wildman–Crippen MR) is 300 cm³/mol. The molecule has 1 aliphatic rings. The molecule has 70 heavy (non-hydrogen) atoms. The second kappa shape index (κ2) is 19.7. The summed E-state index contributed by atoms with van der Waals surface area (Å²) in [6, 6.07) is 87.7. The first kappa shape index (κ1) is 44.2. The van der Waals surface area contributed by atoms with E-state index in [0.29, 0.717) is 5.92 Å². The van der Waals surface area contributed by atoms with Crippen LogP contribution in [0, 0.1) is 5.92 Å². The third-order valence-corrected chi connectivity index (χ3v) is 18.7. The standard InChI is InChI=1S/C66H55N3Si/c1-48-35-38-60-62-46-53(37-40-65(62)69(66(60)43-48)55-26-12-4-13-27-55)52-36-39-64(61(45-52)49-21-8-2-9-22-49)68-42-41-54(47-63(67)50-23-10-3-11-24-50)51-25-20-34-59(44-51)70(56-28-14-5-15-29-56,57-30-16-6-17-31-57)58-32-18-7-19-33-58/h2-42,44-48,63,68H,43,67H2,1H3/b42-41+,54-47+. The zero-order valence-corrected chi connectivity index (χ0v) is 40.4. The number of fused-ring (bicyclic) bond motifs is 3. The number of nitrogens with zero attached hydrogens (tertiary/aromatic N) is 1. The molecule has 2 unspecified atom stereocenters. The lowest BCUT2D eigenvalue weighted by molar-refractivity contribution is 0.690. The number of nitrogens with one attached hydrogen (secondary N) is 1. The van der Waals surface area contributed by atoms with Gasteiger partial charge in [-0.25, -0.2) is 0 Å². The Morgan fingerprint density at radius 2 is 1.13 bits per heavy atom. The van der Waals surface area contributed by atoms with Crippen molar-refractivity contribution in [3.63, 3.8) is 0 Å². The molecule has 2 atom stereocenters. The predicted octanol–water partition coefficient (Wildman–Crippen LogP) is 13.3. The highest BCUT2D eigenvalue weighted by Crippen LogP contribution is 2.39. The van der Waals surface area contributed by atoms with E-state index in [1.807, 2.05) is 6.07 Å². The van der Waals surface area contributed by atoms with Gasteiger partial charge in [0.2, 0.25) is 0 Å². The molecule has 10 aromatic rings. The van der Waals surface area contributed by atoms with Crippen LogP contribution in [0.2, 0.25) is 0 Å². The molecular formula is C66H55N3Si. The van der Waals surface area contributed by atoms with Gasteiger partial charge in [-0.15, -0.1) is 0 Å². The largest absolute Gasteiger partial charge is 0.361 e. The zero-order valence-electron chi connectivity index (χ0n) is 39.4. The summed E-state index contributed by atoms with van der Waals surface area (Å²) >= 11 is 0. The molecule has 0 bridgehead atoms. The molecule has 0 aliphatic heterocycles. The summed E-state index contributed by atoms with van der Waals surface area (Å²) in [6.45, 7) is 2.30. The Morgan fingerprint density at radius 1 is 0.571 bits per heavy atom. The van der Waals surface area contributed by atoms with E-state index in [-0.39, 0.29) is 6.04 Å². The van der Waals surface area contributed by atoms with Gasteiger partial charge in [0.15, 0.2) is 8.07 Å². The van der Waals surface area contributed by atoms with Crippen LogP contribution < -0.4 is 31.8 Å². The van der Waals surface area contributed by atoms with Gasteiger partial charge in [0.25, 0.3) is 0 Å². The van der Waals surface area contributed by atoms with Crippen molar-refractivity contribution in [2.75, 3.05) is 5.32 Å². The molecule has 1 aliphatic carbocycles. The molecule has 0 saturated heterocycles. The first-order valence-electron chi connectivity index (χ1n) is 24.4. The van der Waals surface area contributed by atoms with Crippen LogP contribution in [-0.2, 0) is 6.42 Å². The second-order valence-corrected chi connectivity index (χ2v) is 22.2. The van der Waals surface area contributed by atoms with Crippen LogP contribution in [0.1, 0.15) is 35.3 Å². The van der Waals surface area contributed by atoms with Crippen LogP contribution >= 0.6 is 0 Å². The Hall–Kier alpha value is -8.28. The summed E-state index contributed by atoms with van der Waals surface area (Å²) in [4.78, 5) is 0. The van der Waals surface area contributed by atoms with Gasteiger partial charge >= 0.3 is 0 Å². The van der Waals surface area contributed by atoms with Crippen molar-refractivity contribution >= 4 is 57.1 Å². The maximum atomic E-state index is 7.07. The number of hydrogen-bond acceptors (Lipinski definition) is 2. The van der Waals surface area contributed by atoms with Crippen molar-refractivity contribution in [3.05, 3.63) is 289 Å². The average molecular weight is 918 g/mol. The van der Waals surface area contributed by atoms with E-state index in [1.165, 1.54) is 59.7 Å². The van der Waals surface area contributed by atoms with Crippen molar-refractivity contribution in [1.82, 2.24) is 4.57 Å². The van der Waals surface area contributed by atoms with Crippen molar-refractivity contribution in [1.29, 1.82) is 0 Å². The molecule has 4 heteroatoms. The molecule has 0 spiro atoms. The van der Waals surface area contributed by atoms with Gasteiger partial charge in [0.05, 0.1) is 5.52 Å². The van der Waals surface area contributed by atoms with E-state index >= 15 is 0 Å². The Morgan fingerprint density at radius 3 is 1.77 bits per heavy atom. The van der Waals surface area contributed by atoms with Gasteiger partial charge in [-0.1, -0.05) is 231 Å². The number of rotatable bonds is 13. The third-order valence-electron chi connectivity index (χ3n) is 14.0. The quantitative estimate of drug-likeness (QED) is 0.0687. The van der Waals surface area contributed by atoms with Crippen LogP contribution in [0.5, 0.6) is 0 Å². The second-order valence-electron chi connectivity index (χ2n) is 18.4. The lowest BCUT2D eigenvalue weighted by atomic mass is 9.93. The number of para-hydroxylation sites is 1. The lowest BCUT2D eigenvalue weighted by Gasteiger charge is -2.34. The normalized spacial score (nSPS) is 14.1. The van der Waals surface area contributed by atoms with Gasteiger partial charge in [0, 0.05) is 45.8 Å². The number of nitrogens with two attached hydrogens (primary N) is 1. The number of benzene rings is 9. The van der Waals surface area contributed by atoms with Gasteiger partial charge in [-0.2, -0.15) is 0 Å². The van der Waals surface area contributed by atoms with E-state index in [0.717, 1.165) is 39.9 Å². The molecule has 0 amide bonds. The van der Waals surface area contributed by atoms with Crippen molar-refractivity contribution in [2.45, 2.75) is 19.4 Å². The van der Waals surface area contributed by atoms with Crippen molar-refractivity contribution in [2.24, 2.45) is 11.7 Å². The Bertz CT molecular complexity index is 3390. The van der Waals surface area contributed by atoms with E-state index in [9.17, 15) is 0 Å². The molecule has 0 radical (unpaired) electrons. The molecule has 3 nitrogen and oxygen atoms in total. The number of hydrogen-bond donors (Lipinski definition) is 2. The molecule has 11 rings (SSSR count). The molecule has 338 valence electrons.